The van der Waals surface area contributed by atoms with Crippen LogP contribution in [0.1, 0.15) is 28.8 Å². The smallest absolute Gasteiger partial charge is 0.262 e. The third-order valence-electron chi connectivity index (χ3n) is 4.04. The fourth-order valence-corrected chi connectivity index (χ4v) is 3.14. The van der Waals surface area contributed by atoms with Crippen LogP contribution >= 0.6 is 15.9 Å². The van der Waals surface area contributed by atoms with Gasteiger partial charge in [-0.1, -0.05) is 53.2 Å². The number of hydrogen-bond donors (Lipinski definition) is 0. The van der Waals surface area contributed by atoms with Crippen LogP contribution < -0.4 is 4.74 Å². The molecule has 3 nitrogen and oxygen atoms in total. The van der Waals surface area contributed by atoms with Crippen molar-refractivity contribution in [3.8, 4) is 5.75 Å². The van der Waals surface area contributed by atoms with Crippen molar-refractivity contribution in [1.29, 1.82) is 0 Å². The zero-order valence-electron chi connectivity index (χ0n) is 13.1. The summed E-state index contributed by atoms with van der Waals surface area (Å²) in [5, 5.41) is 1.83. The Hall–Kier alpha value is -2.07. The molecule has 0 saturated heterocycles. The molecule has 23 heavy (non-hydrogen) atoms. The fourth-order valence-electron chi connectivity index (χ4n) is 2.79. The number of methoxy groups -OCH3 is 1. The second kappa shape index (κ2) is 6.59. The molecule has 118 valence electrons. The van der Waals surface area contributed by atoms with Crippen LogP contribution in [0.2, 0.25) is 0 Å². The van der Waals surface area contributed by atoms with E-state index < -0.39 is 0 Å². The van der Waals surface area contributed by atoms with Crippen molar-refractivity contribution >= 4 is 32.7 Å². The van der Waals surface area contributed by atoms with Crippen molar-refractivity contribution < 1.29 is 9.53 Å². The number of nitrogens with zero attached hydrogens (tertiary/aromatic N) is 1. The minimum atomic E-state index is -0.0532. The molecular weight excluding hydrogens is 354 g/mol. The average molecular weight is 372 g/mol. The molecule has 0 radical (unpaired) electrons. The summed E-state index contributed by atoms with van der Waals surface area (Å²) < 4.78 is 7.35. The minimum Gasteiger partial charge on any atom is -0.494 e. The van der Waals surface area contributed by atoms with Crippen molar-refractivity contribution in [2.75, 3.05) is 12.4 Å². The first-order valence-corrected chi connectivity index (χ1v) is 8.63. The third-order valence-corrected chi connectivity index (χ3v) is 5.01. The first-order valence-electron chi connectivity index (χ1n) is 7.51. The van der Waals surface area contributed by atoms with E-state index in [1.165, 1.54) is 0 Å². The number of benzene rings is 2. The van der Waals surface area contributed by atoms with E-state index in [1.807, 2.05) is 48.7 Å². The normalized spacial score (nSPS) is 12.3. The van der Waals surface area contributed by atoms with Crippen molar-refractivity contribution in [2.24, 2.45) is 0 Å². The van der Waals surface area contributed by atoms with E-state index in [0.29, 0.717) is 11.5 Å². The maximum Gasteiger partial charge on any atom is 0.262 e. The maximum absolute atomic E-state index is 12.8. The van der Waals surface area contributed by atoms with Gasteiger partial charge in [0.2, 0.25) is 0 Å². The Bertz CT molecular complexity index is 839. The largest absolute Gasteiger partial charge is 0.494 e. The lowest BCUT2D eigenvalue weighted by molar-refractivity contribution is 0.0964. The number of carbonyl (C=O) groups excluding carboxylic acids is 1. The van der Waals surface area contributed by atoms with Crippen LogP contribution in [0, 0.1) is 0 Å². The number of alkyl halides is 1. The molecule has 0 aliphatic carbocycles. The van der Waals surface area contributed by atoms with Gasteiger partial charge in [-0.3, -0.25) is 9.36 Å². The number of halogens is 1. The van der Waals surface area contributed by atoms with E-state index in [4.69, 9.17) is 4.74 Å². The Kier molecular flexibility index (Phi) is 4.53. The first-order chi connectivity index (χ1) is 11.2. The van der Waals surface area contributed by atoms with Gasteiger partial charge in [0.25, 0.3) is 5.91 Å². The molecule has 1 aromatic heterocycles. The predicted molar refractivity (Wildman–Crippen MR) is 96.9 cm³/mol. The van der Waals surface area contributed by atoms with Gasteiger partial charge in [-0.05, 0) is 29.7 Å². The molecule has 0 aliphatic rings. The number of rotatable bonds is 4. The molecule has 3 aromatic rings. The molecule has 4 heteroatoms. The van der Waals surface area contributed by atoms with Crippen LogP contribution in [0.4, 0.5) is 0 Å². The number of carbonyl (C=O) groups is 1. The van der Waals surface area contributed by atoms with Crippen molar-refractivity contribution in [3.63, 3.8) is 0 Å². The van der Waals surface area contributed by atoms with Gasteiger partial charge in [0, 0.05) is 22.5 Å². The SMILES string of the molecule is COc1c(C(C)CBr)ccc2ccn(C(=O)c3ccccc3)c12. The second-order valence-electron chi connectivity index (χ2n) is 5.54. The summed E-state index contributed by atoms with van der Waals surface area (Å²) in [6.45, 7) is 2.13. The lowest BCUT2D eigenvalue weighted by atomic mass is 10.0. The molecular formula is C19H18BrNO2. The van der Waals surface area contributed by atoms with Crippen molar-refractivity contribution in [3.05, 3.63) is 65.9 Å². The summed E-state index contributed by atoms with van der Waals surface area (Å²) >= 11 is 3.52. The second-order valence-corrected chi connectivity index (χ2v) is 6.19. The highest BCUT2D eigenvalue weighted by Crippen LogP contribution is 2.35. The Morgan fingerprint density at radius 1 is 1.17 bits per heavy atom. The first kappa shape index (κ1) is 15.8. The van der Waals surface area contributed by atoms with E-state index in [9.17, 15) is 4.79 Å². The molecule has 1 unspecified atom stereocenters. The molecule has 0 saturated carbocycles. The van der Waals surface area contributed by atoms with Gasteiger partial charge in [0.1, 0.15) is 5.75 Å². The van der Waals surface area contributed by atoms with Gasteiger partial charge in [-0.2, -0.15) is 0 Å². The van der Waals surface area contributed by atoms with Crippen LogP contribution in [0.15, 0.2) is 54.7 Å². The topological polar surface area (TPSA) is 31.2 Å². The number of hydrogen-bond acceptors (Lipinski definition) is 2. The van der Waals surface area contributed by atoms with Crippen LogP contribution in [0.5, 0.6) is 5.75 Å². The van der Waals surface area contributed by atoms with E-state index >= 15 is 0 Å². The van der Waals surface area contributed by atoms with E-state index in [0.717, 1.165) is 27.5 Å². The standard InChI is InChI=1S/C19H18BrNO2/c1-13(12-20)16-9-8-14-10-11-21(17(14)18(16)23-2)19(22)15-6-4-3-5-7-15/h3-11,13H,12H2,1-2H3. The molecule has 3 rings (SSSR count). The van der Waals surface area contributed by atoms with Gasteiger partial charge in [-0.25, -0.2) is 0 Å². The fraction of sp³-hybridized carbons (Fsp3) is 0.211. The quantitative estimate of drug-likeness (QED) is 0.614. The number of fused-ring (bicyclic) bond motifs is 1. The summed E-state index contributed by atoms with van der Waals surface area (Å²) in [6, 6.07) is 15.4. The van der Waals surface area contributed by atoms with Crippen LogP contribution in [0.25, 0.3) is 10.9 Å². The van der Waals surface area contributed by atoms with Gasteiger partial charge in [0.15, 0.2) is 0 Å². The van der Waals surface area contributed by atoms with E-state index in [-0.39, 0.29) is 5.91 Å². The molecule has 0 bridgehead atoms. The minimum absolute atomic E-state index is 0.0532. The molecule has 0 amide bonds. The van der Waals surface area contributed by atoms with Gasteiger partial charge >= 0.3 is 0 Å². The number of ether oxygens (including phenoxy) is 1. The highest BCUT2D eigenvalue weighted by atomic mass is 79.9. The lowest BCUT2D eigenvalue weighted by Gasteiger charge is -2.16. The third kappa shape index (κ3) is 2.79. The van der Waals surface area contributed by atoms with Crippen molar-refractivity contribution in [1.82, 2.24) is 4.57 Å². The Labute approximate surface area is 144 Å². The Morgan fingerprint density at radius 3 is 2.57 bits per heavy atom. The Balaban J connectivity index is 2.21. The molecule has 1 heterocycles. The summed E-state index contributed by atoms with van der Waals surface area (Å²) in [7, 11) is 1.66. The van der Waals surface area contributed by atoms with E-state index in [2.05, 4.69) is 28.9 Å². The molecule has 2 aromatic carbocycles. The monoisotopic (exact) mass is 371 g/mol. The molecule has 0 spiro atoms. The summed E-state index contributed by atoms with van der Waals surface area (Å²) in [6.07, 6.45) is 1.81. The van der Waals surface area contributed by atoms with Crippen molar-refractivity contribution in [2.45, 2.75) is 12.8 Å². The highest BCUT2D eigenvalue weighted by molar-refractivity contribution is 9.09. The summed E-state index contributed by atoms with van der Waals surface area (Å²) in [5.41, 5.74) is 2.58. The highest BCUT2D eigenvalue weighted by Gasteiger charge is 2.19. The molecule has 0 N–H and O–H groups in total. The van der Waals surface area contributed by atoms with Crippen LogP contribution in [0.3, 0.4) is 0 Å². The lowest BCUT2D eigenvalue weighted by Crippen LogP contribution is -2.11. The summed E-state index contributed by atoms with van der Waals surface area (Å²) in [5.74, 6) is 1.01. The van der Waals surface area contributed by atoms with E-state index in [1.54, 1.807) is 11.7 Å². The zero-order chi connectivity index (χ0) is 16.4. The van der Waals surface area contributed by atoms with Crippen LogP contribution in [-0.4, -0.2) is 22.9 Å². The van der Waals surface area contributed by atoms with Crippen LogP contribution in [-0.2, 0) is 0 Å². The predicted octanol–water partition coefficient (Wildman–Crippen LogP) is 4.84. The molecule has 1 atom stereocenters. The molecule has 0 fully saturated rings. The Morgan fingerprint density at radius 2 is 1.91 bits per heavy atom. The van der Waals surface area contributed by atoms with Gasteiger partial charge in [0.05, 0.1) is 12.6 Å². The van der Waals surface area contributed by atoms with Gasteiger partial charge < -0.3 is 4.74 Å². The zero-order valence-corrected chi connectivity index (χ0v) is 14.7. The van der Waals surface area contributed by atoms with Gasteiger partial charge in [-0.15, -0.1) is 0 Å². The number of aromatic nitrogens is 1. The average Bonchev–Trinajstić information content (AvgIpc) is 3.04. The summed E-state index contributed by atoms with van der Waals surface area (Å²) in [4.78, 5) is 12.8. The molecule has 0 aliphatic heterocycles. The maximum atomic E-state index is 12.8.